The molecule has 0 spiro atoms. The lowest BCUT2D eigenvalue weighted by Crippen LogP contribution is -2.16. The van der Waals surface area contributed by atoms with E-state index in [4.69, 9.17) is 9.94 Å². The van der Waals surface area contributed by atoms with E-state index in [1.54, 1.807) is 6.92 Å². The molecule has 0 aliphatic heterocycles. The molecular weight excluding hydrogens is 194 g/mol. The van der Waals surface area contributed by atoms with Gasteiger partial charge in [0.1, 0.15) is 6.61 Å². The van der Waals surface area contributed by atoms with Crippen LogP contribution in [0.2, 0.25) is 0 Å². The second-order valence-electron chi connectivity index (χ2n) is 2.96. The molecule has 0 saturated heterocycles. The largest absolute Gasteiger partial charge is 0.456 e. The van der Waals surface area contributed by atoms with Gasteiger partial charge < -0.3 is 9.94 Å². The second kappa shape index (κ2) is 5.80. The molecule has 1 aromatic rings. The molecule has 0 fully saturated rings. The molecular formula is C11H13NO3. The highest BCUT2D eigenvalue weighted by Gasteiger charge is 2.11. The van der Waals surface area contributed by atoms with E-state index in [-0.39, 0.29) is 12.3 Å². The summed E-state index contributed by atoms with van der Waals surface area (Å²) in [6.07, 6.45) is 0.351. The van der Waals surface area contributed by atoms with Gasteiger partial charge in [0.05, 0.1) is 0 Å². The van der Waals surface area contributed by atoms with Crippen molar-refractivity contribution in [3.05, 3.63) is 35.9 Å². The Morgan fingerprint density at radius 1 is 1.40 bits per heavy atom. The molecule has 0 atom stereocenters. The molecule has 1 N–H and O–H groups in total. The predicted molar refractivity (Wildman–Crippen MR) is 55.8 cm³/mol. The highest BCUT2D eigenvalue weighted by molar-refractivity contribution is 6.36. The van der Waals surface area contributed by atoms with Gasteiger partial charge in [-0.15, -0.1) is 0 Å². The molecule has 0 bridgehead atoms. The fourth-order valence-corrected chi connectivity index (χ4v) is 1.06. The van der Waals surface area contributed by atoms with Gasteiger partial charge >= 0.3 is 5.97 Å². The van der Waals surface area contributed by atoms with Gasteiger partial charge in [-0.3, -0.25) is 0 Å². The minimum absolute atomic E-state index is 0.0333. The number of rotatable bonds is 4. The Morgan fingerprint density at radius 2 is 2.07 bits per heavy atom. The van der Waals surface area contributed by atoms with E-state index in [9.17, 15) is 4.79 Å². The third-order valence-electron chi connectivity index (χ3n) is 1.90. The van der Waals surface area contributed by atoms with Crippen molar-refractivity contribution >= 4 is 11.7 Å². The van der Waals surface area contributed by atoms with Gasteiger partial charge in [0.2, 0.25) is 0 Å². The first kappa shape index (κ1) is 11.2. The molecule has 80 valence electrons. The summed E-state index contributed by atoms with van der Waals surface area (Å²) >= 11 is 0. The number of carbonyl (C=O) groups is 1. The summed E-state index contributed by atoms with van der Waals surface area (Å²) in [7, 11) is 0. The summed E-state index contributed by atoms with van der Waals surface area (Å²) in [5.41, 5.74) is 0.935. The summed E-state index contributed by atoms with van der Waals surface area (Å²) in [6.45, 7) is 1.91. The number of carbonyl (C=O) groups excluding carboxylic acids is 1. The number of hydrogen-bond donors (Lipinski definition) is 1. The van der Waals surface area contributed by atoms with Crippen molar-refractivity contribution in [3.8, 4) is 0 Å². The Labute approximate surface area is 88.2 Å². The Hall–Kier alpha value is -1.84. The molecule has 4 heteroatoms. The molecule has 0 radical (unpaired) electrons. The van der Waals surface area contributed by atoms with Crippen LogP contribution in [0.4, 0.5) is 0 Å². The minimum atomic E-state index is -0.580. The number of benzene rings is 1. The maximum atomic E-state index is 11.3. The topological polar surface area (TPSA) is 58.9 Å². The van der Waals surface area contributed by atoms with Crippen molar-refractivity contribution in [3.63, 3.8) is 0 Å². The van der Waals surface area contributed by atoms with Gasteiger partial charge in [0.25, 0.3) is 0 Å². The lowest BCUT2D eigenvalue weighted by molar-refractivity contribution is -0.137. The number of oxime groups is 1. The van der Waals surface area contributed by atoms with Gasteiger partial charge in [-0.1, -0.05) is 42.4 Å². The van der Waals surface area contributed by atoms with Crippen LogP contribution in [0.3, 0.4) is 0 Å². The number of nitrogens with zero attached hydrogens (tertiary/aromatic N) is 1. The summed E-state index contributed by atoms with van der Waals surface area (Å²) < 4.78 is 4.94. The highest BCUT2D eigenvalue weighted by atomic mass is 16.5. The SMILES string of the molecule is CC/C(=N/O)C(=O)OCc1ccccc1. The Kier molecular flexibility index (Phi) is 4.34. The first-order chi connectivity index (χ1) is 7.27. The summed E-state index contributed by atoms with van der Waals surface area (Å²) in [6, 6.07) is 9.33. The first-order valence-corrected chi connectivity index (χ1v) is 4.70. The van der Waals surface area contributed by atoms with Gasteiger partial charge in [0, 0.05) is 0 Å². The number of esters is 1. The fourth-order valence-electron chi connectivity index (χ4n) is 1.06. The van der Waals surface area contributed by atoms with Crippen molar-refractivity contribution in [1.82, 2.24) is 0 Å². The van der Waals surface area contributed by atoms with E-state index < -0.39 is 5.97 Å². The number of ether oxygens (including phenoxy) is 1. The second-order valence-corrected chi connectivity index (χ2v) is 2.96. The third-order valence-corrected chi connectivity index (χ3v) is 1.90. The third kappa shape index (κ3) is 3.42. The van der Waals surface area contributed by atoms with Crippen LogP contribution < -0.4 is 0 Å². The first-order valence-electron chi connectivity index (χ1n) is 4.70. The Morgan fingerprint density at radius 3 is 2.60 bits per heavy atom. The maximum absolute atomic E-state index is 11.3. The van der Waals surface area contributed by atoms with Crippen molar-refractivity contribution in [1.29, 1.82) is 0 Å². The van der Waals surface area contributed by atoms with E-state index >= 15 is 0 Å². The zero-order chi connectivity index (χ0) is 11.1. The molecule has 0 unspecified atom stereocenters. The Balaban J connectivity index is 2.48. The van der Waals surface area contributed by atoms with Crippen LogP contribution >= 0.6 is 0 Å². The van der Waals surface area contributed by atoms with E-state index in [1.165, 1.54) is 0 Å². The van der Waals surface area contributed by atoms with E-state index in [0.29, 0.717) is 6.42 Å². The summed E-state index contributed by atoms with van der Waals surface area (Å²) in [5, 5.41) is 11.3. The molecule has 0 aromatic heterocycles. The lowest BCUT2D eigenvalue weighted by Gasteiger charge is -2.04. The molecule has 0 saturated carbocycles. The average molecular weight is 207 g/mol. The summed E-state index contributed by atoms with van der Waals surface area (Å²) in [4.78, 5) is 11.3. The zero-order valence-corrected chi connectivity index (χ0v) is 8.51. The minimum Gasteiger partial charge on any atom is -0.456 e. The molecule has 0 aliphatic carbocycles. The molecule has 1 rings (SSSR count). The van der Waals surface area contributed by atoms with Crippen LogP contribution in [-0.2, 0) is 16.1 Å². The molecule has 4 nitrogen and oxygen atoms in total. The summed E-state index contributed by atoms with van der Waals surface area (Å²) in [5.74, 6) is -0.580. The highest BCUT2D eigenvalue weighted by Crippen LogP contribution is 2.01. The average Bonchev–Trinajstić information content (AvgIpc) is 2.29. The molecule has 1 aromatic carbocycles. The molecule has 0 aliphatic rings. The molecule has 0 amide bonds. The monoisotopic (exact) mass is 207 g/mol. The normalized spacial score (nSPS) is 11.1. The molecule has 15 heavy (non-hydrogen) atoms. The zero-order valence-electron chi connectivity index (χ0n) is 8.51. The van der Waals surface area contributed by atoms with E-state index in [0.717, 1.165) is 5.56 Å². The van der Waals surface area contributed by atoms with Crippen LogP contribution in [0.5, 0.6) is 0 Å². The van der Waals surface area contributed by atoms with Crippen molar-refractivity contribution < 1.29 is 14.7 Å². The number of hydrogen-bond acceptors (Lipinski definition) is 4. The van der Waals surface area contributed by atoms with Crippen molar-refractivity contribution in [2.24, 2.45) is 5.16 Å². The lowest BCUT2D eigenvalue weighted by atomic mass is 10.2. The van der Waals surface area contributed by atoms with Gasteiger partial charge in [0.15, 0.2) is 5.71 Å². The fraction of sp³-hybridized carbons (Fsp3) is 0.273. The van der Waals surface area contributed by atoms with Gasteiger partial charge in [-0.2, -0.15) is 0 Å². The van der Waals surface area contributed by atoms with Crippen LogP contribution in [0.1, 0.15) is 18.9 Å². The van der Waals surface area contributed by atoms with Crippen LogP contribution in [-0.4, -0.2) is 16.9 Å². The van der Waals surface area contributed by atoms with Crippen molar-refractivity contribution in [2.45, 2.75) is 20.0 Å². The smallest absolute Gasteiger partial charge is 0.356 e. The van der Waals surface area contributed by atoms with E-state index in [2.05, 4.69) is 5.16 Å². The van der Waals surface area contributed by atoms with Crippen LogP contribution in [0.15, 0.2) is 35.5 Å². The van der Waals surface area contributed by atoms with Gasteiger partial charge in [-0.25, -0.2) is 4.79 Å². The maximum Gasteiger partial charge on any atom is 0.356 e. The van der Waals surface area contributed by atoms with Crippen LogP contribution in [0.25, 0.3) is 0 Å². The van der Waals surface area contributed by atoms with Crippen LogP contribution in [0, 0.1) is 0 Å². The standard InChI is InChI=1S/C11H13NO3/c1-2-10(12-14)11(13)15-8-9-6-4-3-5-7-9/h3-7,14H,2,8H2,1H3/b12-10-. The Bertz CT molecular complexity index is 346. The van der Waals surface area contributed by atoms with Crippen molar-refractivity contribution in [2.75, 3.05) is 0 Å². The van der Waals surface area contributed by atoms with E-state index in [1.807, 2.05) is 30.3 Å². The quantitative estimate of drug-likeness (QED) is 0.355. The predicted octanol–water partition coefficient (Wildman–Crippen LogP) is 1.97. The molecule has 0 heterocycles. The van der Waals surface area contributed by atoms with Gasteiger partial charge in [-0.05, 0) is 12.0 Å².